The highest BCUT2D eigenvalue weighted by molar-refractivity contribution is 6.34. The Labute approximate surface area is 102 Å². The van der Waals surface area contributed by atoms with Crippen LogP contribution >= 0.6 is 11.6 Å². The Hall–Kier alpha value is -2.07. The molecule has 0 aliphatic carbocycles. The molecule has 0 saturated carbocycles. The first-order chi connectivity index (χ1) is 8.27. The number of benzene rings is 2. The molecule has 0 spiro atoms. The number of phenols is 1. The van der Waals surface area contributed by atoms with E-state index in [-0.39, 0.29) is 5.75 Å². The number of hydrogen-bond donors (Lipinski definition) is 1. The number of nitrogens with zero attached hydrogens (tertiary/aromatic N) is 3. The average Bonchev–Trinajstić information content (AvgIpc) is 2.75. The van der Waals surface area contributed by atoms with Gasteiger partial charge in [-0.1, -0.05) is 35.0 Å². The van der Waals surface area contributed by atoms with Gasteiger partial charge in [-0.05, 0) is 24.3 Å². The summed E-state index contributed by atoms with van der Waals surface area (Å²) < 4.78 is 1.57. The number of halogens is 1. The lowest BCUT2D eigenvalue weighted by Crippen LogP contribution is -1.96. The van der Waals surface area contributed by atoms with E-state index >= 15 is 0 Å². The highest BCUT2D eigenvalue weighted by Crippen LogP contribution is 2.26. The largest absolute Gasteiger partial charge is 0.506 e. The van der Waals surface area contributed by atoms with Gasteiger partial charge >= 0.3 is 0 Å². The first kappa shape index (κ1) is 10.1. The highest BCUT2D eigenvalue weighted by atomic mass is 35.5. The van der Waals surface area contributed by atoms with Crippen molar-refractivity contribution in [2.24, 2.45) is 0 Å². The van der Waals surface area contributed by atoms with Crippen molar-refractivity contribution in [1.82, 2.24) is 15.0 Å². The van der Waals surface area contributed by atoms with Crippen LogP contribution in [0.5, 0.6) is 5.75 Å². The predicted molar refractivity (Wildman–Crippen MR) is 65.5 cm³/mol. The lowest BCUT2D eigenvalue weighted by molar-refractivity contribution is 0.470. The molecular weight excluding hydrogens is 238 g/mol. The third kappa shape index (κ3) is 1.54. The predicted octanol–water partition coefficient (Wildman–Crippen LogP) is 2.78. The molecule has 0 atom stereocenters. The molecule has 2 aromatic carbocycles. The molecule has 0 saturated heterocycles. The van der Waals surface area contributed by atoms with Crippen LogP contribution in [0.1, 0.15) is 0 Å². The maximum atomic E-state index is 9.79. The van der Waals surface area contributed by atoms with Crippen molar-refractivity contribution in [1.29, 1.82) is 0 Å². The molecule has 4 nitrogen and oxygen atoms in total. The molecule has 5 heteroatoms. The summed E-state index contributed by atoms with van der Waals surface area (Å²) in [6, 6.07) is 12.4. The molecule has 0 bridgehead atoms. The average molecular weight is 246 g/mol. The van der Waals surface area contributed by atoms with Crippen molar-refractivity contribution in [3.05, 3.63) is 47.5 Å². The third-order valence-electron chi connectivity index (χ3n) is 2.54. The second-order valence-corrected chi connectivity index (χ2v) is 4.00. The van der Waals surface area contributed by atoms with Crippen molar-refractivity contribution in [2.75, 3.05) is 0 Å². The molecule has 0 aliphatic rings. The Morgan fingerprint density at radius 1 is 1.06 bits per heavy atom. The SMILES string of the molecule is Oc1ccccc1-n1nnc2c(Cl)cccc21. The molecule has 1 heterocycles. The van der Waals surface area contributed by atoms with Crippen molar-refractivity contribution in [3.63, 3.8) is 0 Å². The van der Waals surface area contributed by atoms with Crippen LogP contribution in [0.4, 0.5) is 0 Å². The molecule has 17 heavy (non-hydrogen) atoms. The first-order valence-corrected chi connectivity index (χ1v) is 5.43. The van der Waals surface area contributed by atoms with E-state index in [2.05, 4.69) is 10.3 Å². The van der Waals surface area contributed by atoms with Crippen LogP contribution in [0.25, 0.3) is 16.7 Å². The summed E-state index contributed by atoms with van der Waals surface area (Å²) in [5.41, 5.74) is 1.97. The van der Waals surface area contributed by atoms with Crippen LogP contribution in [-0.4, -0.2) is 20.1 Å². The van der Waals surface area contributed by atoms with Crippen molar-refractivity contribution in [3.8, 4) is 11.4 Å². The number of fused-ring (bicyclic) bond motifs is 1. The smallest absolute Gasteiger partial charge is 0.141 e. The number of aromatic nitrogens is 3. The van der Waals surface area contributed by atoms with Gasteiger partial charge in [-0.3, -0.25) is 0 Å². The fraction of sp³-hybridized carbons (Fsp3) is 0. The Morgan fingerprint density at radius 3 is 2.71 bits per heavy atom. The van der Waals surface area contributed by atoms with E-state index in [0.717, 1.165) is 5.52 Å². The second kappa shape index (κ2) is 3.75. The molecular formula is C12H8ClN3O. The standard InChI is InChI=1S/C12H8ClN3O/c13-8-4-3-6-10-12(8)14-15-16(10)9-5-1-2-7-11(9)17/h1-7,17H. The Balaban J connectivity index is 2.33. The second-order valence-electron chi connectivity index (χ2n) is 3.60. The monoisotopic (exact) mass is 245 g/mol. The van der Waals surface area contributed by atoms with Gasteiger partial charge in [0.05, 0.1) is 10.5 Å². The van der Waals surface area contributed by atoms with E-state index in [1.165, 1.54) is 0 Å². The number of rotatable bonds is 1. The van der Waals surface area contributed by atoms with Crippen LogP contribution < -0.4 is 0 Å². The minimum absolute atomic E-state index is 0.152. The van der Waals surface area contributed by atoms with Crippen molar-refractivity contribution in [2.45, 2.75) is 0 Å². The lowest BCUT2D eigenvalue weighted by Gasteiger charge is -2.04. The molecule has 3 rings (SSSR count). The summed E-state index contributed by atoms with van der Waals surface area (Å²) >= 11 is 6.02. The number of aromatic hydroxyl groups is 1. The van der Waals surface area contributed by atoms with E-state index in [4.69, 9.17) is 11.6 Å². The van der Waals surface area contributed by atoms with Crippen LogP contribution in [0, 0.1) is 0 Å². The Kier molecular flexibility index (Phi) is 2.23. The quantitative estimate of drug-likeness (QED) is 0.717. The van der Waals surface area contributed by atoms with Gasteiger partial charge in [0, 0.05) is 0 Å². The minimum Gasteiger partial charge on any atom is -0.506 e. The Bertz CT molecular complexity index is 693. The van der Waals surface area contributed by atoms with E-state index in [1.807, 2.05) is 18.2 Å². The van der Waals surface area contributed by atoms with Crippen LogP contribution in [-0.2, 0) is 0 Å². The molecule has 0 aliphatic heterocycles. The fourth-order valence-corrected chi connectivity index (χ4v) is 1.94. The molecule has 84 valence electrons. The molecule has 0 fully saturated rings. The highest BCUT2D eigenvalue weighted by Gasteiger charge is 2.11. The van der Waals surface area contributed by atoms with Crippen LogP contribution in [0.3, 0.4) is 0 Å². The zero-order valence-corrected chi connectivity index (χ0v) is 9.46. The maximum Gasteiger partial charge on any atom is 0.141 e. The van der Waals surface area contributed by atoms with Gasteiger partial charge in [0.1, 0.15) is 17.0 Å². The van der Waals surface area contributed by atoms with Gasteiger partial charge in [0.15, 0.2) is 0 Å². The summed E-state index contributed by atoms with van der Waals surface area (Å²) in [4.78, 5) is 0. The Morgan fingerprint density at radius 2 is 1.88 bits per heavy atom. The van der Waals surface area contributed by atoms with Gasteiger partial charge in [-0.25, -0.2) is 4.68 Å². The van der Waals surface area contributed by atoms with E-state index < -0.39 is 0 Å². The van der Waals surface area contributed by atoms with Crippen molar-refractivity contribution >= 4 is 22.6 Å². The molecule has 0 unspecified atom stereocenters. The molecule has 3 aromatic rings. The van der Waals surface area contributed by atoms with Crippen molar-refractivity contribution < 1.29 is 5.11 Å². The normalized spacial score (nSPS) is 10.9. The number of para-hydroxylation sites is 2. The topological polar surface area (TPSA) is 50.9 Å². The van der Waals surface area contributed by atoms with Crippen LogP contribution in [0.15, 0.2) is 42.5 Å². The molecule has 1 aromatic heterocycles. The first-order valence-electron chi connectivity index (χ1n) is 5.05. The lowest BCUT2D eigenvalue weighted by atomic mass is 10.2. The summed E-state index contributed by atoms with van der Waals surface area (Å²) in [5.74, 6) is 0.152. The number of phenolic OH excluding ortho intramolecular Hbond substituents is 1. The fourth-order valence-electron chi connectivity index (χ4n) is 1.73. The van der Waals surface area contributed by atoms with Gasteiger partial charge in [-0.2, -0.15) is 0 Å². The van der Waals surface area contributed by atoms with Gasteiger partial charge in [-0.15, -0.1) is 5.10 Å². The third-order valence-corrected chi connectivity index (χ3v) is 2.84. The zero-order chi connectivity index (χ0) is 11.8. The van der Waals surface area contributed by atoms with E-state index in [1.54, 1.807) is 28.9 Å². The minimum atomic E-state index is 0.152. The van der Waals surface area contributed by atoms with Gasteiger partial charge in [0.2, 0.25) is 0 Å². The molecule has 1 N–H and O–H groups in total. The summed E-state index contributed by atoms with van der Waals surface area (Å²) in [6.07, 6.45) is 0. The summed E-state index contributed by atoms with van der Waals surface area (Å²) in [7, 11) is 0. The molecule has 0 amide bonds. The van der Waals surface area contributed by atoms with Gasteiger partial charge < -0.3 is 5.11 Å². The summed E-state index contributed by atoms with van der Waals surface area (Å²) in [5, 5.41) is 18.4. The summed E-state index contributed by atoms with van der Waals surface area (Å²) in [6.45, 7) is 0. The van der Waals surface area contributed by atoms with Crippen LogP contribution in [0.2, 0.25) is 5.02 Å². The molecule has 0 radical (unpaired) electrons. The van der Waals surface area contributed by atoms with Gasteiger partial charge in [0.25, 0.3) is 0 Å². The van der Waals surface area contributed by atoms with E-state index in [9.17, 15) is 5.11 Å². The number of hydrogen-bond acceptors (Lipinski definition) is 3. The maximum absolute atomic E-state index is 9.79. The van der Waals surface area contributed by atoms with E-state index in [0.29, 0.717) is 16.2 Å². The zero-order valence-electron chi connectivity index (χ0n) is 8.71.